The molecule has 0 atom stereocenters. The standard InChI is InChI=1S/C17H30N2O2/c1-13-14(11-18-17(2,3)4)10-16(21-13)12-20-9-8-19(5)15-6-7-15/h10,15,18H,6-9,11-12H2,1-5H3. The van der Waals surface area contributed by atoms with E-state index in [4.69, 9.17) is 9.15 Å². The number of nitrogens with zero attached hydrogens (tertiary/aromatic N) is 1. The van der Waals surface area contributed by atoms with Crippen LogP contribution in [0.15, 0.2) is 10.5 Å². The Morgan fingerprint density at radius 2 is 2.10 bits per heavy atom. The second kappa shape index (κ2) is 6.95. The van der Waals surface area contributed by atoms with Crippen LogP contribution in [0.25, 0.3) is 0 Å². The Labute approximate surface area is 128 Å². The molecule has 0 amide bonds. The second-order valence-corrected chi connectivity index (χ2v) is 7.16. The minimum absolute atomic E-state index is 0.119. The molecule has 4 nitrogen and oxygen atoms in total. The van der Waals surface area contributed by atoms with E-state index < -0.39 is 0 Å². The topological polar surface area (TPSA) is 37.6 Å². The molecule has 0 aliphatic heterocycles. The second-order valence-electron chi connectivity index (χ2n) is 7.16. The zero-order chi connectivity index (χ0) is 15.5. The van der Waals surface area contributed by atoms with Gasteiger partial charge in [0.05, 0.1) is 6.61 Å². The maximum absolute atomic E-state index is 5.77. The monoisotopic (exact) mass is 294 g/mol. The maximum atomic E-state index is 5.77. The average molecular weight is 294 g/mol. The highest BCUT2D eigenvalue weighted by Crippen LogP contribution is 2.24. The summed E-state index contributed by atoms with van der Waals surface area (Å²) >= 11 is 0. The molecule has 2 rings (SSSR count). The smallest absolute Gasteiger partial charge is 0.130 e. The molecule has 1 heterocycles. The van der Waals surface area contributed by atoms with Crippen LogP contribution in [0, 0.1) is 6.92 Å². The first-order valence-corrected chi connectivity index (χ1v) is 7.96. The van der Waals surface area contributed by atoms with Crippen molar-refractivity contribution in [3.05, 3.63) is 23.2 Å². The van der Waals surface area contributed by atoms with Crippen molar-refractivity contribution in [3.63, 3.8) is 0 Å². The van der Waals surface area contributed by atoms with Crippen molar-refractivity contribution >= 4 is 0 Å². The van der Waals surface area contributed by atoms with Gasteiger partial charge in [0.1, 0.15) is 18.1 Å². The van der Waals surface area contributed by atoms with E-state index in [0.717, 1.165) is 37.3 Å². The predicted octanol–water partition coefficient (Wildman–Crippen LogP) is 3.09. The third kappa shape index (κ3) is 5.81. The van der Waals surface area contributed by atoms with Crippen molar-refractivity contribution in [2.24, 2.45) is 0 Å². The maximum Gasteiger partial charge on any atom is 0.130 e. The van der Waals surface area contributed by atoms with E-state index >= 15 is 0 Å². The highest BCUT2D eigenvalue weighted by Gasteiger charge is 2.25. The summed E-state index contributed by atoms with van der Waals surface area (Å²) < 4.78 is 11.5. The number of ether oxygens (including phenoxy) is 1. The molecule has 21 heavy (non-hydrogen) atoms. The third-order valence-corrected chi connectivity index (χ3v) is 3.88. The van der Waals surface area contributed by atoms with Gasteiger partial charge in [-0.15, -0.1) is 0 Å². The summed E-state index contributed by atoms with van der Waals surface area (Å²) in [6.07, 6.45) is 2.69. The molecule has 0 radical (unpaired) electrons. The molecule has 1 saturated carbocycles. The molecule has 1 aromatic heterocycles. The fourth-order valence-corrected chi connectivity index (χ4v) is 2.27. The number of aryl methyl sites for hydroxylation is 1. The molecule has 4 heteroatoms. The van der Waals surface area contributed by atoms with Crippen molar-refractivity contribution in [3.8, 4) is 0 Å². The summed E-state index contributed by atoms with van der Waals surface area (Å²) in [5.41, 5.74) is 1.34. The fraction of sp³-hybridized carbons (Fsp3) is 0.765. The minimum atomic E-state index is 0.119. The van der Waals surface area contributed by atoms with Crippen molar-refractivity contribution < 1.29 is 9.15 Å². The van der Waals surface area contributed by atoms with Gasteiger partial charge in [-0.1, -0.05) is 0 Å². The van der Waals surface area contributed by atoms with Crippen LogP contribution < -0.4 is 5.32 Å². The summed E-state index contributed by atoms with van der Waals surface area (Å²) in [4.78, 5) is 2.38. The Morgan fingerprint density at radius 3 is 2.71 bits per heavy atom. The van der Waals surface area contributed by atoms with Gasteiger partial charge in [-0.05, 0) is 53.7 Å². The van der Waals surface area contributed by atoms with Gasteiger partial charge in [-0.3, -0.25) is 0 Å². The Morgan fingerprint density at radius 1 is 1.38 bits per heavy atom. The summed E-state index contributed by atoms with van der Waals surface area (Å²) in [6, 6.07) is 2.91. The van der Waals surface area contributed by atoms with E-state index in [1.54, 1.807) is 0 Å². The van der Waals surface area contributed by atoms with Gasteiger partial charge in [0, 0.05) is 30.2 Å². The highest BCUT2D eigenvalue weighted by molar-refractivity contribution is 5.20. The molecule has 1 aliphatic carbocycles. The first kappa shape index (κ1) is 16.5. The van der Waals surface area contributed by atoms with Gasteiger partial charge < -0.3 is 19.4 Å². The van der Waals surface area contributed by atoms with Gasteiger partial charge in [-0.2, -0.15) is 0 Å². The molecule has 0 spiro atoms. The largest absolute Gasteiger partial charge is 0.464 e. The normalized spacial score (nSPS) is 15.9. The summed E-state index contributed by atoms with van der Waals surface area (Å²) in [5.74, 6) is 1.91. The Hall–Kier alpha value is -0.840. The van der Waals surface area contributed by atoms with E-state index in [9.17, 15) is 0 Å². The Kier molecular flexibility index (Phi) is 5.47. The van der Waals surface area contributed by atoms with Crippen LogP contribution >= 0.6 is 0 Å². The lowest BCUT2D eigenvalue weighted by atomic mass is 10.1. The van der Waals surface area contributed by atoms with E-state index in [2.05, 4.69) is 44.1 Å². The zero-order valence-corrected chi connectivity index (χ0v) is 14.2. The zero-order valence-electron chi connectivity index (χ0n) is 14.2. The highest BCUT2D eigenvalue weighted by atomic mass is 16.5. The van der Waals surface area contributed by atoms with Crippen LogP contribution in [0.2, 0.25) is 0 Å². The number of likely N-dealkylation sites (N-methyl/N-ethyl adjacent to an activating group) is 1. The lowest BCUT2D eigenvalue weighted by molar-refractivity contribution is 0.0858. The molecule has 120 valence electrons. The molecule has 1 N–H and O–H groups in total. The fourth-order valence-electron chi connectivity index (χ4n) is 2.27. The van der Waals surface area contributed by atoms with E-state index in [1.165, 1.54) is 18.4 Å². The molecule has 1 aliphatic rings. The first-order valence-electron chi connectivity index (χ1n) is 7.96. The SMILES string of the molecule is Cc1oc(COCCN(C)C2CC2)cc1CNC(C)(C)C. The number of hydrogen-bond donors (Lipinski definition) is 1. The Bertz CT molecular complexity index is 444. The molecule has 0 aromatic carbocycles. The van der Waals surface area contributed by atoms with E-state index in [1.807, 2.05) is 6.92 Å². The van der Waals surface area contributed by atoms with Crippen molar-refractivity contribution in [2.45, 2.75) is 65.3 Å². The number of furan rings is 1. The molecule has 0 unspecified atom stereocenters. The summed E-state index contributed by atoms with van der Waals surface area (Å²) in [7, 11) is 2.17. The van der Waals surface area contributed by atoms with Crippen LogP contribution in [-0.4, -0.2) is 36.7 Å². The van der Waals surface area contributed by atoms with Crippen LogP contribution in [0.1, 0.15) is 50.7 Å². The molecule has 1 aromatic rings. The lowest BCUT2D eigenvalue weighted by Gasteiger charge is -2.20. The van der Waals surface area contributed by atoms with E-state index in [0.29, 0.717) is 6.61 Å². The number of hydrogen-bond acceptors (Lipinski definition) is 4. The number of rotatable bonds is 8. The van der Waals surface area contributed by atoms with Gasteiger partial charge in [0.2, 0.25) is 0 Å². The Balaban J connectivity index is 1.70. The van der Waals surface area contributed by atoms with Crippen molar-refractivity contribution in [1.82, 2.24) is 10.2 Å². The van der Waals surface area contributed by atoms with Gasteiger partial charge in [0.15, 0.2) is 0 Å². The quantitative estimate of drug-likeness (QED) is 0.748. The molecule has 1 fully saturated rings. The third-order valence-electron chi connectivity index (χ3n) is 3.88. The first-order chi connectivity index (χ1) is 9.85. The number of nitrogens with one attached hydrogen (secondary N) is 1. The van der Waals surface area contributed by atoms with Crippen molar-refractivity contribution in [2.75, 3.05) is 20.2 Å². The van der Waals surface area contributed by atoms with Gasteiger partial charge in [-0.25, -0.2) is 0 Å². The van der Waals surface area contributed by atoms with Crippen LogP contribution in [0.5, 0.6) is 0 Å². The molecular weight excluding hydrogens is 264 g/mol. The summed E-state index contributed by atoms with van der Waals surface area (Å²) in [6.45, 7) is 11.7. The summed E-state index contributed by atoms with van der Waals surface area (Å²) in [5, 5.41) is 3.49. The predicted molar refractivity (Wildman–Crippen MR) is 85.3 cm³/mol. The molecular formula is C17H30N2O2. The van der Waals surface area contributed by atoms with Crippen LogP contribution in [-0.2, 0) is 17.9 Å². The van der Waals surface area contributed by atoms with Gasteiger partial charge in [0.25, 0.3) is 0 Å². The lowest BCUT2D eigenvalue weighted by Crippen LogP contribution is -2.35. The van der Waals surface area contributed by atoms with Crippen LogP contribution in [0.3, 0.4) is 0 Å². The van der Waals surface area contributed by atoms with Crippen LogP contribution in [0.4, 0.5) is 0 Å². The molecule has 0 bridgehead atoms. The molecule has 0 saturated heterocycles. The van der Waals surface area contributed by atoms with Gasteiger partial charge >= 0.3 is 0 Å². The van der Waals surface area contributed by atoms with Crippen molar-refractivity contribution in [1.29, 1.82) is 0 Å². The average Bonchev–Trinajstić information content (AvgIpc) is 3.16. The van der Waals surface area contributed by atoms with E-state index in [-0.39, 0.29) is 5.54 Å². The minimum Gasteiger partial charge on any atom is -0.464 e.